The fourth-order valence-corrected chi connectivity index (χ4v) is 7.17. The van der Waals surface area contributed by atoms with Crippen molar-refractivity contribution in [2.45, 2.75) is 264 Å². The monoisotopic (exact) mass is 696 g/mol. The molecule has 0 heterocycles. The minimum atomic E-state index is -1.13. The summed E-state index contributed by atoms with van der Waals surface area (Å²) in [4.78, 5) is 12.4. The van der Waals surface area contributed by atoms with Gasteiger partial charge in [0.15, 0.2) is 0 Å². The molecule has 1 amide bonds. The lowest BCUT2D eigenvalue weighted by Crippen LogP contribution is -2.50. The van der Waals surface area contributed by atoms with Gasteiger partial charge in [0, 0.05) is 6.42 Å². The smallest absolute Gasteiger partial charge is 0.220 e. The van der Waals surface area contributed by atoms with Crippen LogP contribution in [0.5, 0.6) is 0 Å². The number of aliphatic hydroxyl groups excluding tert-OH is 3. The largest absolute Gasteiger partial charge is 0.394 e. The molecule has 0 rings (SSSR count). The molecule has 0 aliphatic rings. The zero-order valence-electron chi connectivity index (χ0n) is 33.5. The molecule has 4 N–H and O–H groups in total. The van der Waals surface area contributed by atoms with Gasteiger partial charge in [-0.3, -0.25) is 4.79 Å². The summed E-state index contributed by atoms with van der Waals surface area (Å²) >= 11 is 0. The molecule has 0 aromatic heterocycles. The summed E-state index contributed by atoms with van der Waals surface area (Å²) in [5.74, 6) is 0.705. The topological polar surface area (TPSA) is 89.8 Å². The van der Waals surface area contributed by atoms with Crippen LogP contribution < -0.4 is 5.32 Å². The first kappa shape index (κ1) is 48.3. The predicted octanol–water partition coefficient (Wildman–Crippen LogP) is 12.5. The van der Waals surface area contributed by atoms with E-state index in [0.29, 0.717) is 12.8 Å². The number of carbonyl (C=O) groups is 1. The zero-order valence-corrected chi connectivity index (χ0v) is 33.5. The van der Waals surface area contributed by atoms with Gasteiger partial charge in [0.05, 0.1) is 18.8 Å². The molecule has 0 radical (unpaired) electrons. The summed E-state index contributed by atoms with van der Waals surface area (Å²) in [5, 5.41) is 33.6. The first-order valence-corrected chi connectivity index (χ1v) is 22.2. The van der Waals surface area contributed by atoms with Gasteiger partial charge < -0.3 is 20.6 Å². The first-order valence-electron chi connectivity index (χ1n) is 22.2. The van der Waals surface area contributed by atoms with E-state index in [-0.39, 0.29) is 12.5 Å². The van der Waals surface area contributed by atoms with Crippen LogP contribution in [0.2, 0.25) is 0 Å². The van der Waals surface area contributed by atoms with Crippen LogP contribution in [0.4, 0.5) is 0 Å². The maximum atomic E-state index is 12.4. The number of unbranched alkanes of at least 4 members (excludes halogenated alkanes) is 30. The molecule has 0 saturated heterocycles. The number of hydrogen-bond donors (Lipinski definition) is 4. The lowest BCUT2D eigenvalue weighted by Gasteiger charge is -2.26. The summed E-state index contributed by atoms with van der Waals surface area (Å²) in [6.45, 7) is 6.55. The lowest BCUT2D eigenvalue weighted by atomic mass is 9.99. The van der Waals surface area contributed by atoms with Crippen LogP contribution in [0.25, 0.3) is 0 Å². The van der Waals surface area contributed by atoms with Gasteiger partial charge in [-0.25, -0.2) is 0 Å². The second kappa shape index (κ2) is 38.6. The van der Waals surface area contributed by atoms with Crippen LogP contribution in [-0.2, 0) is 4.79 Å². The Bertz CT molecular complexity index is 657. The van der Waals surface area contributed by atoms with Crippen molar-refractivity contribution in [1.82, 2.24) is 5.32 Å². The Morgan fingerprint density at radius 3 is 1.10 bits per heavy atom. The van der Waals surface area contributed by atoms with Crippen LogP contribution in [0.3, 0.4) is 0 Å². The number of carbonyl (C=O) groups excluding carboxylic acids is 1. The maximum absolute atomic E-state index is 12.4. The summed E-state index contributed by atoms with van der Waals surface area (Å²) in [5.41, 5.74) is 0. The summed E-state index contributed by atoms with van der Waals surface area (Å²) in [6.07, 6.45) is 42.1. The Hall–Kier alpha value is -0.650. The highest BCUT2D eigenvalue weighted by atomic mass is 16.3. The SMILES string of the molecule is CCCCCCCCCCCCCCCCCCCCCC(=O)NC(CO)C(O)C(O)CCCCCCCCCCCCCCCC(C)C. The maximum Gasteiger partial charge on any atom is 0.220 e. The Morgan fingerprint density at radius 1 is 0.469 bits per heavy atom. The van der Waals surface area contributed by atoms with Gasteiger partial charge in [-0.2, -0.15) is 0 Å². The number of rotatable bonds is 40. The highest BCUT2D eigenvalue weighted by molar-refractivity contribution is 5.76. The first-order chi connectivity index (χ1) is 23.9. The van der Waals surface area contributed by atoms with E-state index >= 15 is 0 Å². The van der Waals surface area contributed by atoms with Crippen LogP contribution in [0, 0.1) is 5.92 Å². The Labute approximate surface area is 307 Å². The van der Waals surface area contributed by atoms with Gasteiger partial charge in [-0.15, -0.1) is 0 Å². The minimum Gasteiger partial charge on any atom is -0.394 e. The van der Waals surface area contributed by atoms with Gasteiger partial charge in [0.2, 0.25) is 5.91 Å². The third-order valence-electron chi connectivity index (χ3n) is 10.6. The van der Waals surface area contributed by atoms with Crippen molar-refractivity contribution in [3.05, 3.63) is 0 Å². The van der Waals surface area contributed by atoms with Gasteiger partial charge >= 0.3 is 0 Å². The molecule has 49 heavy (non-hydrogen) atoms. The molecule has 0 fully saturated rings. The van der Waals surface area contributed by atoms with Crippen molar-refractivity contribution < 1.29 is 20.1 Å². The van der Waals surface area contributed by atoms with E-state index in [1.54, 1.807) is 0 Å². The summed E-state index contributed by atoms with van der Waals surface area (Å²) in [7, 11) is 0. The Kier molecular flexibility index (Phi) is 38.1. The molecule has 0 bridgehead atoms. The van der Waals surface area contributed by atoms with E-state index < -0.39 is 18.2 Å². The van der Waals surface area contributed by atoms with E-state index in [1.165, 1.54) is 173 Å². The van der Waals surface area contributed by atoms with Crippen LogP contribution in [0.15, 0.2) is 0 Å². The molecule has 5 heteroatoms. The van der Waals surface area contributed by atoms with Crippen LogP contribution >= 0.6 is 0 Å². The molecule has 294 valence electrons. The van der Waals surface area contributed by atoms with Gasteiger partial charge in [-0.05, 0) is 18.8 Å². The van der Waals surface area contributed by atoms with Crippen molar-refractivity contribution in [3.8, 4) is 0 Å². The number of amides is 1. The standard InChI is InChI=1S/C44H89NO4/c1-4-5-6-7-8-9-10-11-12-13-14-15-16-20-23-26-29-32-35-38-43(48)45-41(39-46)44(49)42(47)37-34-31-28-25-22-19-17-18-21-24-27-30-33-36-40(2)3/h40-42,44,46-47,49H,4-39H2,1-3H3,(H,45,48). The molecule has 0 aromatic rings. The normalized spacial score (nSPS) is 13.6. The van der Waals surface area contributed by atoms with Crippen molar-refractivity contribution in [1.29, 1.82) is 0 Å². The molecule has 0 spiro atoms. The average molecular weight is 696 g/mol. The fraction of sp³-hybridized carbons (Fsp3) is 0.977. The quantitative estimate of drug-likeness (QED) is 0.0480. The minimum absolute atomic E-state index is 0.140. The molecular weight excluding hydrogens is 606 g/mol. The molecule has 3 atom stereocenters. The highest BCUT2D eigenvalue weighted by Gasteiger charge is 2.26. The number of aliphatic hydroxyl groups is 3. The van der Waals surface area contributed by atoms with Crippen molar-refractivity contribution in [2.75, 3.05) is 6.61 Å². The highest BCUT2D eigenvalue weighted by Crippen LogP contribution is 2.17. The van der Waals surface area contributed by atoms with E-state index in [9.17, 15) is 20.1 Å². The predicted molar refractivity (Wildman–Crippen MR) is 213 cm³/mol. The Balaban J connectivity index is 3.58. The third-order valence-corrected chi connectivity index (χ3v) is 10.6. The molecular formula is C44H89NO4. The molecule has 0 aliphatic carbocycles. The van der Waals surface area contributed by atoms with E-state index in [1.807, 2.05) is 0 Å². The van der Waals surface area contributed by atoms with Crippen molar-refractivity contribution in [3.63, 3.8) is 0 Å². The Morgan fingerprint density at radius 2 is 0.776 bits per heavy atom. The summed E-state index contributed by atoms with van der Waals surface area (Å²) in [6, 6.07) is -0.803. The molecule has 3 unspecified atom stereocenters. The van der Waals surface area contributed by atoms with E-state index in [2.05, 4.69) is 26.1 Å². The second-order valence-corrected chi connectivity index (χ2v) is 16.1. The van der Waals surface area contributed by atoms with E-state index in [0.717, 1.165) is 44.4 Å². The lowest BCUT2D eigenvalue weighted by molar-refractivity contribution is -0.124. The summed E-state index contributed by atoms with van der Waals surface area (Å²) < 4.78 is 0. The van der Waals surface area contributed by atoms with Crippen molar-refractivity contribution >= 4 is 5.91 Å². The molecule has 0 aromatic carbocycles. The molecule has 0 aliphatic heterocycles. The second-order valence-electron chi connectivity index (χ2n) is 16.1. The van der Waals surface area contributed by atoms with Crippen molar-refractivity contribution in [2.24, 2.45) is 5.92 Å². The third kappa shape index (κ3) is 35.5. The average Bonchev–Trinajstić information content (AvgIpc) is 3.09. The van der Waals surface area contributed by atoms with Gasteiger partial charge in [0.1, 0.15) is 6.10 Å². The number of hydrogen-bond acceptors (Lipinski definition) is 4. The molecule has 5 nitrogen and oxygen atoms in total. The zero-order chi connectivity index (χ0) is 36.0. The van der Waals surface area contributed by atoms with E-state index in [4.69, 9.17) is 0 Å². The fourth-order valence-electron chi connectivity index (χ4n) is 7.17. The number of nitrogens with one attached hydrogen (secondary N) is 1. The van der Waals surface area contributed by atoms with Gasteiger partial charge in [-0.1, -0.05) is 226 Å². The van der Waals surface area contributed by atoms with Gasteiger partial charge in [0.25, 0.3) is 0 Å². The van der Waals surface area contributed by atoms with Crippen LogP contribution in [-0.4, -0.2) is 46.1 Å². The van der Waals surface area contributed by atoms with Crippen LogP contribution in [0.1, 0.15) is 245 Å². The molecule has 0 saturated carbocycles.